The summed E-state index contributed by atoms with van der Waals surface area (Å²) in [4.78, 5) is 0. The van der Waals surface area contributed by atoms with Crippen LogP contribution in [0.1, 0.15) is 5.56 Å². The van der Waals surface area contributed by atoms with Gasteiger partial charge in [-0.05, 0) is 11.6 Å². The van der Waals surface area contributed by atoms with Gasteiger partial charge in [0.2, 0.25) is 0 Å². The Morgan fingerprint density at radius 1 is 1.46 bits per heavy atom. The van der Waals surface area contributed by atoms with Crippen molar-refractivity contribution in [3.63, 3.8) is 0 Å². The molecule has 0 radical (unpaired) electrons. The molecule has 1 N–H and O–H groups in total. The van der Waals surface area contributed by atoms with E-state index in [9.17, 15) is 0 Å². The van der Waals surface area contributed by atoms with Crippen LogP contribution in [0.2, 0.25) is 10.0 Å². The summed E-state index contributed by atoms with van der Waals surface area (Å²) in [6.45, 7) is 0.00261. The number of ether oxygens (including phenoxy) is 1. The van der Waals surface area contributed by atoms with Crippen LogP contribution < -0.4 is 4.74 Å². The third-order valence-electron chi connectivity index (χ3n) is 2.07. The monoisotopic (exact) mass is 218 g/mol. The molecule has 0 aromatic heterocycles. The van der Waals surface area contributed by atoms with Crippen molar-refractivity contribution in [2.45, 2.75) is 12.5 Å². The summed E-state index contributed by atoms with van der Waals surface area (Å²) in [6.07, 6.45) is 0.522. The number of fused-ring (bicyclic) bond motifs is 1. The molecular formula is C9H8Cl2O2. The number of aliphatic hydroxyl groups is 1. The van der Waals surface area contributed by atoms with Gasteiger partial charge in [0.05, 0.1) is 11.6 Å². The lowest BCUT2D eigenvalue weighted by molar-refractivity contribution is 0.134. The molecule has 1 atom stereocenters. The first-order valence-electron chi connectivity index (χ1n) is 3.96. The van der Waals surface area contributed by atoms with Crippen molar-refractivity contribution in [3.05, 3.63) is 27.7 Å². The second-order valence-corrected chi connectivity index (χ2v) is 3.76. The van der Waals surface area contributed by atoms with Crippen molar-refractivity contribution in [3.8, 4) is 5.75 Å². The quantitative estimate of drug-likeness (QED) is 0.785. The molecule has 0 saturated heterocycles. The van der Waals surface area contributed by atoms with Gasteiger partial charge >= 0.3 is 0 Å². The molecule has 1 aromatic rings. The molecule has 1 unspecified atom stereocenters. The number of aliphatic hydroxyl groups excluding tert-OH is 1. The maximum Gasteiger partial charge on any atom is 0.143 e. The highest BCUT2D eigenvalue weighted by Gasteiger charge is 2.25. The highest BCUT2D eigenvalue weighted by atomic mass is 35.5. The summed E-state index contributed by atoms with van der Waals surface area (Å²) in [5.74, 6) is 0.619. The predicted octanol–water partition coefficient (Wildman–Crippen LogP) is 2.29. The van der Waals surface area contributed by atoms with Gasteiger partial charge in [-0.15, -0.1) is 0 Å². The number of halogens is 2. The summed E-state index contributed by atoms with van der Waals surface area (Å²) in [5, 5.41) is 9.82. The Balaban J connectivity index is 2.40. The lowest BCUT2D eigenvalue weighted by atomic mass is 10.1. The molecule has 2 nitrogen and oxygen atoms in total. The molecule has 1 heterocycles. The summed E-state index contributed by atoms with van der Waals surface area (Å²) in [7, 11) is 0. The summed E-state index contributed by atoms with van der Waals surface area (Å²) < 4.78 is 5.40. The molecular weight excluding hydrogens is 211 g/mol. The van der Waals surface area contributed by atoms with E-state index >= 15 is 0 Å². The van der Waals surface area contributed by atoms with Crippen LogP contribution in [0.3, 0.4) is 0 Å². The van der Waals surface area contributed by atoms with E-state index in [4.69, 9.17) is 33.0 Å². The minimum absolute atomic E-state index is 0.00261. The first-order chi connectivity index (χ1) is 6.22. The van der Waals surface area contributed by atoms with Gasteiger partial charge in [-0.2, -0.15) is 0 Å². The van der Waals surface area contributed by atoms with E-state index in [1.807, 2.05) is 6.07 Å². The average Bonchev–Trinajstić information content (AvgIpc) is 2.55. The molecule has 1 aliphatic heterocycles. The maximum absolute atomic E-state index is 8.90. The average molecular weight is 219 g/mol. The molecule has 0 fully saturated rings. The summed E-state index contributed by atoms with van der Waals surface area (Å²) in [6, 6.07) is 3.62. The van der Waals surface area contributed by atoms with E-state index in [0.717, 1.165) is 5.56 Å². The smallest absolute Gasteiger partial charge is 0.143 e. The second-order valence-electron chi connectivity index (χ2n) is 2.98. The Kier molecular flexibility index (Phi) is 2.37. The predicted molar refractivity (Wildman–Crippen MR) is 51.7 cm³/mol. The topological polar surface area (TPSA) is 29.5 Å². The Bertz CT molecular complexity index is 339. The van der Waals surface area contributed by atoms with Crippen molar-refractivity contribution >= 4 is 23.2 Å². The molecule has 13 heavy (non-hydrogen) atoms. The fraction of sp³-hybridized carbons (Fsp3) is 0.333. The normalized spacial score (nSPS) is 19.8. The zero-order valence-corrected chi connectivity index (χ0v) is 8.27. The van der Waals surface area contributed by atoms with Crippen LogP contribution >= 0.6 is 23.2 Å². The molecule has 2 rings (SSSR count). The van der Waals surface area contributed by atoms with Gasteiger partial charge in [0.1, 0.15) is 16.9 Å². The van der Waals surface area contributed by atoms with E-state index in [2.05, 4.69) is 0 Å². The molecule has 1 aromatic carbocycles. The Morgan fingerprint density at radius 3 is 2.92 bits per heavy atom. The zero-order valence-electron chi connectivity index (χ0n) is 6.76. The number of hydrogen-bond donors (Lipinski definition) is 1. The van der Waals surface area contributed by atoms with Crippen LogP contribution in [0.4, 0.5) is 0 Å². The molecule has 0 spiro atoms. The van der Waals surface area contributed by atoms with Gasteiger partial charge in [0.15, 0.2) is 0 Å². The second kappa shape index (κ2) is 3.37. The molecule has 4 heteroatoms. The fourth-order valence-corrected chi connectivity index (χ4v) is 1.79. The van der Waals surface area contributed by atoms with E-state index in [1.165, 1.54) is 0 Å². The van der Waals surface area contributed by atoms with Crippen molar-refractivity contribution in [2.75, 3.05) is 6.61 Å². The highest BCUT2D eigenvalue weighted by molar-refractivity contribution is 6.43. The standard InChI is InChI=1S/C9H8Cl2O2/c10-7-2-1-5-3-6(4-12)13-9(5)8(7)11/h1-2,6,12H,3-4H2. The van der Waals surface area contributed by atoms with E-state index in [0.29, 0.717) is 22.2 Å². The molecule has 1 aliphatic rings. The first-order valence-corrected chi connectivity index (χ1v) is 4.72. The van der Waals surface area contributed by atoms with E-state index in [1.54, 1.807) is 6.07 Å². The number of hydrogen-bond acceptors (Lipinski definition) is 2. The van der Waals surface area contributed by atoms with Crippen LogP contribution in [0, 0.1) is 0 Å². The summed E-state index contributed by atoms with van der Waals surface area (Å²) >= 11 is 11.7. The van der Waals surface area contributed by atoms with Crippen LogP contribution in [-0.4, -0.2) is 17.8 Å². The molecule has 70 valence electrons. The molecule has 0 bridgehead atoms. The van der Waals surface area contributed by atoms with Gasteiger partial charge in [-0.1, -0.05) is 29.3 Å². The first kappa shape index (κ1) is 9.13. The molecule has 0 aliphatic carbocycles. The zero-order chi connectivity index (χ0) is 9.42. The van der Waals surface area contributed by atoms with E-state index in [-0.39, 0.29) is 12.7 Å². The summed E-state index contributed by atoms with van der Waals surface area (Å²) in [5.41, 5.74) is 1.01. The van der Waals surface area contributed by atoms with Gasteiger partial charge in [-0.3, -0.25) is 0 Å². The van der Waals surface area contributed by atoms with Crippen LogP contribution in [0.25, 0.3) is 0 Å². The molecule has 0 amide bonds. The van der Waals surface area contributed by atoms with Gasteiger partial charge in [0.25, 0.3) is 0 Å². The lowest BCUT2D eigenvalue weighted by Crippen LogP contribution is -2.17. The maximum atomic E-state index is 8.90. The Hall–Kier alpha value is -0.440. The van der Waals surface area contributed by atoms with Crippen LogP contribution in [-0.2, 0) is 6.42 Å². The SMILES string of the molecule is OCC1Cc2ccc(Cl)c(Cl)c2O1. The van der Waals surface area contributed by atoms with E-state index < -0.39 is 0 Å². The third-order valence-corrected chi connectivity index (χ3v) is 2.85. The van der Waals surface area contributed by atoms with Gasteiger partial charge < -0.3 is 9.84 Å². The van der Waals surface area contributed by atoms with Crippen molar-refractivity contribution in [2.24, 2.45) is 0 Å². The Morgan fingerprint density at radius 2 is 2.23 bits per heavy atom. The minimum Gasteiger partial charge on any atom is -0.486 e. The highest BCUT2D eigenvalue weighted by Crippen LogP contribution is 2.39. The van der Waals surface area contributed by atoms with Crippen molar-refractivity contribution < 1.29 is 9.84 Å². The largest absolute Gasteiger partial charge is 0.486 e. The Labute approximate surface area is 86.0 Å². The number of rotatable bonds is 1. The van der Waals surface area contributed by atoms with Crippen molar-refractivity contribution in [1.29, 1.82) is 0 Å². The number of benzene rings is 1. The minimum atomic E-state index is -0.175. The molecule has 0 saturated carbocycles. The third kappa shape index (κ3) is 1.50. The van der Waals surface area contributed by atoms with Crippen molar-refractivity contribution in [1.82, 2.24) is 0 Å². The van der Waals surface area contributed by atoms with Gasteiger partial charge in [0, 0.05) is 6.42 Å². The fourth-order valence-electron chi connectivity index (χ4n) is 1.42. The lowest BCUT2D eigenvalue weighted by Gasteiger charge is -2.07. The van der Waals surface area contributed by atoms with Crippen LogP contribution in [0.5, 0.6) is 5.75 Å². The van der Waals surface area contributed by atoms with Gasteiger partial charge in [-0.25, -0.2) is 0 Å². The van der Waals surface area contributed by atoms with Crippen LogP contribution in [0.15, 0.2) is 12.1 Å².